The smallest absolute Gasteiger partial charge is 0.244 e. The van der Waals surface area contributed by atoms with E-state index in [9.17, 15) is 13.5 Å². The average molecular weight is 297 g/mol. The normalized spacial score (nSPS) is 25.1. The molecule has 20 heavy (non-hydrogen) atoms. The molecule has 1 aliphatic carbocycles. The first-order valence-electron chi connectivity index (χ1n) is 6.67. The largest absolute Gasteiger partial charge is 0.391 e. The maximum atomic E-state index is 12.5. The van der Waals surface area contributed by atoms with Gasteiger partial charge in [0.1, 0.15) is 10.7 Å². The number of hydrogen-bond donors (Lipinski definition) is 1. The van der Waals surface area contributed by atoms with Gasteiger partial charge in [-0.3, -0.25) is 0 Å². The maximum absolute atomic E-state index is 12.5. The third-order valence-electron chi connectivity index (χ3n) is 4.28. The van der Waals surface area contributed by atoms with E-state index in [2.05, 4.69) is 4.98 Å². The fourth-order valence-corrected chi connectivity index (χ4v) is 4.17. The first-order valence-corrected chi connectivity index (χ1v) is 8.11. The molecule has 1 unspecified atom stereocenters. The Balaban J connectivity index is 1.85. The van der Waals surface area contributed by atoms with Crippen LogP contribution >= 0.6 is 0 Å². The number of pyridine rings is 1. The van der Waals surface area contributed by atoms with Gasteiger partial charge in [-0.25, -0.2) is 13.4 Å². The highest BCUT2D eigenvalue weighted by Gasteiger charge is 2.57. The van der Waals surface area contributed by atoms with Gasteiger partial charge < -0.3 is 10.0 Å². The van der Waals surface area contributed by atoms with E-state index in [-0.39, 0.29) is 16.9 Å². The predicted octanol–water partition coefficient (Wildman–Crippen LogP) is 0.293. The van der Waals surface area contributed by atoms with E-state index < -0.39 is 16.1 Å². The Morgan fingerprint density at radius 1 is 1.40 bits per heavy atom. The van der Waals surface area contributed by atoms with Gasteiger partial charge in [0.15, 0.2) is 0 Å². The van der Waals surface area contributed by atoms with Crippen LogP contribution < -0.4 is 4.90 Å². The molecule has 1 N–H and O–H groups in total. The molecule has 110 valence electrons. The summed E-state index contributed by atoms with van der Waals surface area (Å²) < 4.78 is 26.5. The molecule has 1 aliphatic heterocycles. The fraction of sp³-hybridized carbons (Fsp3) is 0.615. The Morgan fingerprint density at radius 2 is 2.10 bits per heavy atom. The van der Waals surface area contributed by atoms with Crippen LogP contribution in [0.3, 0.4) is 0 Å². The van der Waals surface area contributed by atoms with Crippen molar-refractivity contribution in [2.45, 2.75) is 23.8 Å². The van der Waals surface area contributed by atoms with Gasteiger partial charge in [-0.2, -0.15) is 4.31 Å². The van der Waals surface area contributed by atoms with Gasteiger partial charge in [-0.1, -0.05) is 0 Å². The van der Waals surface area contributed by atoms with E-state index in [1.165, 1.54) is 10.5 Å². The molecule has 0 radical (unpaired) electrons. The van der Waals surface area contributed by atoms with E-state index in [0.717, 1.165) is 12.8 Å². The van der Waals surface area contributed by atoms with Crippen LogP contribution in [-0.2, 0) is 10.0 Å². The molecule has 6 nitrogen and oxygen atoms in total. The summed E-state index contributed by atoms with van der Waals surface area (Å²) in [4.78, 5) is 6.15. The number of hydrogen-bond acceptors (Lipinski definition) is 5. The lowest BCUT2D eigenvalue weighted by atomic mass is 10.0. The summed E-state index contributed by atoms with van der Waals surface area (Å²) >= 11 is 0. The second kappa shape index (κ2) is 4.41. The predicted molar refractivity (Wildman–Crippen MR) is 75.0 cm³/mol. The average Bonchev–Trinajstić information content (AvgIpc) is 3.11. The van der Waals surface area contributed by atoms with Gasteiger partial charge in [-0.05, 0) is 25.0 Å². The molecule has 0 aromatic carbocycles. The molecule has 1 aromatic rings. The summed E-state index contributed by atoms with van der Waals surface area (Å²) in [5.74, 6) is 0.712. The Morgan fingerprint density at radius 3 is 2.55 bits per heavy atom. The number of β-amino-alcohol motifs (C(OH)–C–C–N with tert-alkyl or cyclic N) is 1. The summed E-state index contributed by atoms with van der Waals surface area (Å²) in [6.45, 7) is 0.615. The van der Waals surface area contributed by atoms with Crippen molar-refractivity contribution in [2.75, 3.05) is 32.1 Å². The van der Waals surface area contributed by atoms with Gasteiger partial charge in [0.25, 0.3) is 0 Å². The summed E-state index contributed by atoms with van der Waals surface area (Å²) in [6.07, 6.45) is 2.68. The van der Waals surface area contributed by atoms with E-state index in [0.29, 0.717) is 12.4 Å². The highest BCUT2D eigenvalue weighted by Crippen LogP contribution is 2.53. The summed E-state index contributed by atoms with van der Waals surface area (Å²) in [7, 11) is 0.150. The lowest BCUT2D eigenvalue weighted by Crippen LogP contribution is -2.30. The van der Waals surface area contributed by atoms with Crippen LogP contribution in [0.15, 0.2) is 23.2 Å². The van der Waals surface area contributed by atoms with E-state index in [1.807, 2.05) is 19.0 Å². The number of aliphatic hydroxyl groups is 1. The number of aromatic nitrogens is 1. The monoisotopic (exact) mass is 297 g/mol. The van der Waals surface area contributed by atoms with Crippen molar-refractivity contribution in [2.24, 2.45) is 5.41 Å². The van der Waals surface area contributed by atoms with Crippen molar-refractivity contribution in [1.82, 2.24) is 9.29 Å². The Hall–Kier alpha value is -1.18. The minimum absolute atomic E-state index is 0.177. The number of nitrogens with zero attached hydrogens (tertiary/aromatic N) is 3. The van der Waals surface area contributed by atoms with Crippen LogP contribution in [0.5, 0.6) is 0 Å². The third-order valence-corrected chi connectivity index (χ3v) is 6.08. The van der Waals surface area contributed by atoms with Crippen molar-refractivity contribution in [3.8, 4) is 0 Å². The van der Waals surface area contributed by atoms with Gasteiger partial charge >= 0.3 is 0 Å². The summed E-state index contributed by atoms with van der Waals surface area (Å²) in [5.41, 5.74) is -0.177. The van der Waals surface area contributed by atoms with E-state index in [1.54, 1.807) is 12.1 Å². The zero-order valence-corrected chi connectivity index (χ0v) is 12.5. The Labute approximate surface area is 119 Å². The zero-order valence-electron chi connectivity index (χ0n) is 11.7. The van der Waals surface area contributed by atoms with Gasteiger partial charge in [-0.15, -0.1) is 0 Å². The van der Waals surface area contributed by atoms with Crippen LogP contribution in [0, 0.1) is 5.41 Å². The summed E-state index contributed by atoms with van der Waals surface area (Å²) in [6, 6.07) is 3.26. The minimum Gasteiger partial charge on any atom is -0.391 e. The number of anilines is 1. The van der Waals surface area contributed by atoms with E-state index in [4.69, 9.17) is 0 Å². The lowest BCUT2D eigenvalue weighted by molar-refractivity contribution is 0.134. The molecule has 2 aliphatic rings. The van der Waals surface area contributed by atoms with Gasteiger partial charge in [0.05, 0.1) is 6.10 Å². The fourth-order valence-electron chi connectivity index (χ4n) is 2.68. The minimum atomic E-state index is -3.55. The first-order chi connectivity index (χ1) is 9.35. The number of aliphatic hydroxyl groups excluding tert-OH is 1. The van der Waals surface area contributed by atoms with Crippen molar-refractivity contribution in [3.63, 3.8) is 0 Å². The van der Waals surface area contributed by atoms with Crippen LogP contribution in [0.4, 0.5) is 5.82 Å². The number of rotatable bonds is 3. The molecular weight excluding hydrogens is 278 g/mol. The molecule has 7 heteroatoms. The van der Waals surface area contributed by atoms with Gasteiger partial charge in [0.2, 0.25) is 10.0 Å². The van der Waals surface area contributed by atoms with Crippen LogP contribution in [0.1, 0.15) is 12.8 Å². The molecule has 1 saturated carbocycles. The molecule has 0 bridgehead atoms. The molecule has 0 amide bonds. The van der Waals surface area contributed by atoms with Crippen molar-refractivity contribution >= 4 is 15.8 Å². The molecule has 2 fully saturated rings. The van der Waals surface area contributed by atoms with Crippen molar-refractivity contribution in [3.05, 3.63) is 18.3 Å². The molecule has 1 saturated heterocycles. The topological polar surface area (TPSA) is 73.7 Å². The molecule has 2 heterocycles. The summed E-state index contributed by atoms with van der Waals surface area (Å²) in [5, 5.41) is 9.99. The molecular formula is C13H19N3O3S. The molecule has 1 spiro atoms. The quantitative estimate of drug-likeness (QED) is 0.868. The first kappa shape index (κ1) is 13.8. The van der Waals surface area contributed by atoms with Crippen molar-refractivity contribution in [1.29, 1.82) is 0 Å². The second-order valence-corrected chi connectivity index (χ2v) is 7.86. The highest BCUT2D eigenvalue weighted by atomic mass is 32.2. The Kier molecular flexibility index (Phi) is 3.04. The molecule has 1 aromatic heterocycles. The number of sulfonamides is 1. The highest BCUT2D eigenvalue weighted by molar-refractivity contribution is 7.89. The molecule has 1 atom stereocenters. The van der Waals surface area contributed by atoms with Gasteiger partial charge in [0, 0.05) is 38.8 Å². The standard InChI is InChI=1S/C13H19N3O3S/c1-15(2)12-4-3-10(7-14-12)20(18,19)16-8-11(17)13(9-16)5-6-13/h3-4,7,11,17H,5-6,8-9H2,1-2H3. The van der Waals surface area contributed by atoms with Crippen LogP contribution in [0.25, 0.3) is 0 Å². The second-order valence-electron chi connectivity index (χ2n) is 5.92. The van der Waals surface area contributed by atoms with Crippen LogP contribution in [-0.4, -0.2) is 56.1 Å². The van der Waals surface area contributed by atoms with Crippen LogP contribution in [0.2, 0.25) is 0 Å². The molecule has 3 rings (SSSR count). The SMILES string of the molecule is CN(C)c1ccc(S(=O)(=O)N2CC(O)C3(CC3)C2)cn1. The maximum Gasteiger partial charge on any atom is 0.244 e. The third kappa shape index (κ3) is 2.10. The Bertz CT molecular complexity index is 608. The van der Waals surface area contributed by atoms with E-state index >= 15 is 0 Å². The van der Waals surface area contributed by atoms with Crippen molar-refractivity contribution < 1.29 is 13.5 Å². The zero-order chi connectivity index (χ0) is 14.5. The lowest BCUT2D eigenvalue weighted by Gasteiger charge is -2.17.